The van der Waals surface area contributed by atoms with Gasteiger partial charge in [0.25, 0.3) is 5.91 Å². The van der Waals surface area contributed by atoms with E-state index in [0.29, 0.717) is 10.4 Å². The molecule has 1 fully saturated rings. The van der Waals surface area contributed by atoms with E-state index in [1.54, 1.807) is 0 Å². The Kier molecular flexibility index (Phi) is 7.68. The minimum Gasteiger partial charge on any atom is -0.480 e. The first kappa shape index (κ1) is 30.0. The lowest BCUT2D eigenvalue weighted by Crippen LogP contribution is -2.42. The molecule has 1 aliphatic rings. The highest BCUT2D eigenvalue weighted by Crippen LogP contribution is 2.39. The summed E-state index contributed by atoms with van der Waals surface area (Å²) in [5, 5.41) is 6.20. The quantitative estimate of drug-likeness (QED) is 0.297. The van der Waals surface area contributed by atoms with Crippen molar-refractivity contribution < 1.29 is 44.3 Å². The Labute approximate surface area is 239 Å². The number of rotatable bonds is 7. The predicted octanol–water partition coefficient (Wildman–Crippen LogP) is 2.96. The molecule has 1 aromatic carbocycles. The van der Waals surface area contributed by atoms with Crippen molar-refractivity contribution in [2.24, 2.45) is 0 Å². The first-order valence-corrected chi connectivity index (χ1v) is 13.9. The van der Waals surface area contributed by atoms with Crippen LogP contribution in [-0.4, -0.2) is 70.6 Å². The van der Waals surface area contributed by atoms with Crippen LogP contribution in [-0.2, 0) is 22.0 Å². The fraction of sp³-hybridized carbons (Fsp3) is 0.280. The Morgan fingerprint density at radius 3 is 2.60 bits per heavy atom. The lowest BCUT2D eigenvalue weighted by atomic mass is 10.1. The summed E-state index contributed by atoms with van der Waals surface area (Å²) in [6.07, 6.45) is -4.64. The number of carbonyl (C=O) groups excluding carboxylic acids is 1. The molecule has 228 valence electrons. The summed E-state index contributed by atoms with van der Waals surface area (Å²) in [7, 11) is -3.15. The third-order valence-electron chi connectivity index (χ3n) is 6.74. The van der Waals surface area contributed by atoms with Crippen LogP contribution in [0.4, 0.5) is 32.2 Å². The van der Waals surface area contributed by atoms with Crippen molar-refractivity contribution in [1.82, 2.24) is 29.2 Å². The standard InChI is InChI=1S/C25H21F6N7O4S/c1-42-24-15(5-12(7-33-24)20-6-16(25(29,30)31)21-22(32)34-11-35-38(20)21)23(39)36-19-9-37(8-18(19)28)43(40,41)10-13-4-14(26)2-3-17(13)27/h2-7,11,18-19H,8-10H2,1H3,(H,36,39)(H2,32,34,35)/t18-,19+/m0/s1. The van der Waals surface area contributed by atoms with E-state index in [2.05, 4.69) is 20.4 Å². The second kappa shape index (κ2) is 11.0. The molecular weight excluding hydrogens is 608 g/mol. The van der Waals surface area contributed by atoms with Gasteiger partial charge in [0.1, 0.15) is 35.2 Å². The molecule has 3 N–H and O–H groups in total. The summed E-state index contributed by atoms with van der Waals surface area (Å²) in [5.74, 6) is -4.43. The number of ether oxygens (including phenoxy) is 1. The van der Waals surface area contributed by atoms with E-state index >= 15 is 0 Å². The number of alkyl halides is 4. The number of fused-ring (bicyclic) bond motifs is 1. The maximum atomic E-state index is 14.9. The Morgan fingerprint density at radius 2 is 1.91 bits per heavy atom. The van der Waals surface area contributed by atoms with E-state index in [1.165, 1.54) is 7.11 Å². The Balaban J connectivity index is 1.41. The first-order valence-electron chi connectivity index (χ1n) is 12.3. The van der Waals surface area contributed by atoms with Crippen molar-refractivity contribution >= 4 is 27.3 Å². The van der Waals surface area contributed by atoms with E-state index in [4.69, 9.17) is 10.5 Å². The fourth-order valence-electron chi connectivity index (χ4n) is 4.69. The van der Waals surface area contributed by atoms with Crippen molar-refractivity contribution in [2.45, 2.75) is 24.1 Å². The van der Waals surface area contributed by atoms with Crippen LogP contribution in [0.3, 0.4) is 0 Å². The number of nitrogens with one attached hydrogen (secondary N) is 1. The van der Waals surface area contributed by atoms with Gasteiger partial charge in [-0.2, -0.15) is 22.6 Å². The van der Waals surface area contributed by atoms with Crippen LogP contribution < -0.4 is 15.8 Å². The minimum atomic E-state index is -4.83. The molecule has 3 aromatic heterocycles. The smallest absolute Gasteiger partial charge is 0.418 e. The number of anilines is 1. The molecule has 43 heavy (non-hydrogen) atoms. The molecular formula is C25H21F6N7O4S. The van der Waals surface area contributed by atoms with Gasteiger partial charge >= 0.3 is 6.18 Å². The number of halogens is 6. The van der Waals surface area contributed by atoms with E-state index in [0.717, 1.165) is 41.3 Å². The number of hydrogen-bond donors (Lipinski definition) is 2. The predicted molar refractivity (Wildman–Crippen MR) is 139 cm³/mol. The summed E-state index contributed by atoms with van der Waals surface area (Å²) in [6, 6.07) is 2.83. The number of aromatic nitrogens is 4. The molecule has 11 nitrogen and oxygen atoms in total. The van der Waals surface area contributed by atoms with Crippen LogP contribution in [0.25, 0.3) is 16.8 Å². The van der Waals surface area contributed by atoms with Crippen LogP contribution in [0.2, 0.25) is 0 Å². The molecule has 0 spiro atoms. The molecule has 4 aromatic rings. The number of nitrogen functional groups attached to an aromatic ring is 1. The fourth-order valence-corrected chi connectivity index (χ4v) is 6.24. The molecule has 4 heterocycles. The van der Waals surface area contributed by atoms with Crippen LogP contribution in [0.5, 0.6) is 5.88 Å². The Hall–Kier alpha value is -4.45. The molecule has 5 rings (SSSR count). The van der Waals surface area contributed by atoms with Gasteiger partial charge in [0.05, 0.1) is 30.2 Å². The number of methoxy groups -OCH3 is 1. The van der Waals surface area contributed by atoms with Gasteiger partial charge in [0.2, 0.25) is 15.9 Å². The zero-order valence-electron chi connectivity index (χ0n) is 21.9. The number of sulfonamides is 1. The molecule has 2 atom stereocenters. The topological polar surface area (TPSA) is 145 Å². The second-order valence-corrected chi connectivity index (χ2v) is 11.5. The SMILES string of the molecule is COc1ncc(-c2cc(C(F)(F)F)c3c(N)ncnn23)cc1C(=O)N[C@@H]1CN(S(=O)(=O)Cc2cc(F)ccc2F)C[C@@H]1F. The maximum absolute atomic E-state index is 14.9. The van der Waals surface area contributed by atoms with Crippen LogP contribution in [0, 0.1) is 11.6 Å². The molecule has 0 bridgehead atoms. The molecule has 1 saturated heterocycles. The number of nitrogens with zero attached hydrogens (tertiary/aromatic N) is 5. The summed E-state index contributed by atoms with van der Waals surface area (Å²) in [4.78, 5) is 20.8. The summed E-state index contributed by atoms with van der Waals surface area (Å²) in [5.41, 5.74) is 3.12. The maximum Gasteiger partial charge on any atom is 0.418 e. The van der Waals surface area contributed by atoms with Crippen molar-refractivity contribution in [3.63, 3.8) is 0 Å². The zero-order valence-corrected chi connectivity index (χ0v) is 22.8. The molecule has 1 aliphatic heterocycles. The van der Waals surface area contributed by atoms with Crippen LogP contribution >= 0.6 is 0 Å². The molecule has 0 saturated carbocycles. The van der Waals surface area contributed by atoms with Crippen LogP contribution in [0.15, 0.2) is 42.9 Å². The average molecular weight is 630 g/mol. The molecule has 0 aliphatic carbocycles. The average Bonchev–Trinajstić information content (AvgIpc) is 3.52. The van der Waals surface area contributed by atoms with E-state index in [-0.39, 0.29) is 22.7 Å². The zero-order chi connectivity index (χ0) is 31.3. The first-order chi connectivity index (χ1) is 20.2. The van der Waals surface area contributed by atoms with Gasteiger partial charge < -0.3 is 15.8 Å². The number of carbonyl (C=O) groups is 1. The Morgan fingerprint density at radius 1 is 1.16 bits per heavy atom. The van der Waals surface area contributed by atoms with Gasteiger partial charge in [0.15, 0.2) is 5.82 Å². The van der Waals surface area contributed by atoms with Gasteiger partial charge in [-0.05, 0) is 30.3 Å². The van der Waals surface area contributed by atoms with Crippen molar-refractivity contribution in [2.75, 3.05) is 25.9 Å². The van der Waals surface area contributed by atoms with E-state index in [9.17, 15) is 39.6 Å². The lowest BCUT2D eigenvalue weighted by Gasteiger charge is -2.18. The highest BCUT2D eigenvalue weighted by Gasteiger charge is 2.41. The summed E-state index contributed by atoms with van der Waals surface area (Å²) in [6.45, 7) is -1.20. The summed E-state index contributed by atoms with van der Waals surface area (Å²) >= 11 is 0. The Bertz CT molecular complexity index is 1830. The number of amides is 1. The number of benzene rings is 1. The van der Waals surface area contributed by atoms with Gasteiger partial charge in [-0.25, -0.2) is 36.1 Å². The number of nitrogens with two attached hydrogens (primary N) is 1. The van der Waals surface area contributed by atoms with Crippen LogP contribution in [0.1, 0.15) is 21.5 Å². The number of hydrogen-bond acceptors (Lipinski definition) is 8. The highest BCUT2D eigenvalue weighted by atomic mass is 32.2. The van der Waals surface area contributed by atoms with Crippen molar-refractivity contribution in [3.8, 4) is 17.1 Å². The van der Waals surface area contributed by atoms with E-state index in [1.807, 2.05) is 0 Å². The highest BCUT2D eigenvalue weighted by molar-refractivity contribution is 7.88. The summed E-state index contributed by atoms with van der Waals surface area (Å²) < 4.78 is 116. The van der Waals surface area contributed by atoms with Gasteiger partial charge in [-0.3, -0.25) is 4.79 Å². The molecule has 1 amide bonds. The largest absolute Gasteiger partial charge is 0.480 e. The van der Waals surface area contributed by atoms with Crippen molar-refractivity contribution in [1.29, 1.82) is 0 Å². The normalized spacial score (nSPS) is 17.8. The number of pyridine rings is 1. The van der Waals surface area contributed by atoms with E-state index < -0.39 is 87.3 Å². The molecule has 0 unspecified atom stereocenters. The van der Waals surface area contributed by atoms with Gasteiger partial charge in [0, 0.05) is 30.4 Å². The third-order valence-corrected chi connectivity index (χ3v) is 8.50. The minimum absolute atomic E-state index is 0.0147. The third kappa shape index (κ3) is 5.79. The molecule has 18 heteroatoms. The molecule has 0 radical (unpaired) electrons. The van der Waals surface area contributed by atoms with Crippen molar-refractivity contribution in [3.05, 3.63) is 71.2 Å². The lowest BCUT2D eigenvalue weighted by molar-refractivity contribution is -0.136. The monoisotopic (exact) mass is 629 g/mol. The van der Waals surface area contributed by atoms with Gasteiger partial charge in [-0.15, -0.1) is 0 Å². The van der Waals surface area contributed by atoms with Gasteiger partial charge in [-0.1, -0.05) is 0 Å². The second-order valence-electron chi connectivity index (χ2n) is 9.53.